The molecule has 2 aromatic rings. The first-order valence-electron chi connectivity index (χ1n) is 8.86. The predicted octanol–water partition coefficient (Wildman–Crippen LogP) is 6.43. The van der Waals surface area contributed by atoms with Gasteiger partial charge in [-0.2, -0.15) is 0 Å². The Hall–Kier alpha value is -1.48. The maximum atomic E-state index is 5.28. The molecule has 2 rings (SSSR count). The number of ether oxygens (including phenoxy) is 1. The fourth-order valence-corrected chi connectivity index (χ4v) is 3.30. The number of methoxy groups -OCH3 is 1. The Balaban J connectivity index is 2.04. The van der Waals surface area contributed by atoms with Crippen LogP contribution in [0, 0.1) is 0 Å². The van der Waals surface area contributed by atoms with E-state index >= 15 is 0 Å². The fourth-order valence-electron chi connectivity index (χ4n) is 2.85. The second-order valence-electron chi connectivity index (χ2n) is 6.16. The Bertz CT molecular complexity index is 597. The minimum Gasteiger partial charge on any atom is -0.497 e. The van der Waals surface area contributed by atoms with Gasteiger partial charge in [-0.25, -0.2) is 0 Å². The lowest BCUT2D eigenvalue weighted by atomic mass is 10.1. The molecule has 0 atom stereocenters. The van der Waals surface area contributed by atoms with Gasteiger partial charge in [-0.3, -0.25) is 0 Å². The van der Waals surface area contributed by atoms with Crippen LogP contribution in [0.4, 0.5) is 5.69 Å². The zero-order valence-corrected chi connectivity index (χ0v) is 16.4. The zero-order valence-electron chi connectivity index (χ0n) is 14.8. The van der Waals surface area contributed by atoms with Gasteiger partial charge in [0.25, 0.3) is 0 Å². The van der Waals surface area contributed by atoms with Crippen molar-refractivity contribution in [3.05, 3.63) is 58.6 Å². The maximum Gasteiger partial charge on any atom is 0.119 e. The van der Waals surface area contributed by atoms with Crippen molar-refractivity contribution >= 4 is 21.6 Å². The molecule has 0 aliphatic rings. The van der Waals surface area contributed by atoms with E-state index in [1.807, 2.05) is 12.1 Å². The molecule has 0 spiro atoms. The van der Waals surface area contributed by atoms with Crippen LogP contribution in [-0.4, -0.2) is 13.7 Å². The van der Waals surface area contributed by atoms with Crippen LogP contribution in [0.25, 0.3) is 0 Å². The Morgan fingerprint density at radius 2 is 1.71 bits per heavy atom. The molecule has 0 aliphatic heterocycles. The van der Waals surface area contributed by atoms with Gasteiger partial charge in [0, 0.05) is 23.2 Å². The van der Waals surface area contributed by atoms with E-state index < -0.39 is 0 Å². The topological polar surface area (TPSA) is 12.5 Å². The van der Waals surface area contributed by atoms with Gasteiger partial charge >= 0.3 is 0 Å². The molecule has 0 saturated heterocycles. The third-order valence-electron chi connectivity index (χ3n) is 4.23. The molecular formula is C21H28BrNO. The highest BCUT2D eigenvalue weighted by atomic mass is 79.9. The molecular weight excluding hydrogens is 362 g/mol. The van der Waals surface area contributed by atoms with Gasteiger partial charge in [-0.1, -0.05) is 60.7 Å². The number of hydrogen-bond donors (Lipinski definition) is 0. The molecule has 130 valence electrons. The molecule has 2 nitrogen and oxygen atoms in total. The van der Waals surface area contributed by atoms with E-state index in [1.54, 1.807) is 7.11 Å². The molecule has 0 N–H and O–H groups in total. The lowest BCUT2D eigenvalue weighted by molar-refractivity contribution is 0.415. The van der Waals surface area contributed by atoms with Crippen molar-refractivity contribution in [2.75, 3.05) is 18.6 Å². The van der Waals surface area contributed by atoms with Gasteiger partial charge in [-0.05, 0) is 48.4 Å². The molecule has 0 fully saturated rings. The average Bonchev–Trinajstić information content (AvgIpc) is 2.61. The SMILES string of the molecule is CCCCCCCN(Cc1cccc(Br)c1)c1ccc(OC)cc1. The monoisotopic (exact) mass is 389 g/mol. The number of unbranched alkanes of at least 4 members (excludes halogenated alkanes) is 4. The van der Waals surface area contributed by atoms with Gasteiger partial charge in [0.1, 0.15) is 5.75 Å². The Kier molecular flexibility index (Phi) is 8.17. The van der Waals surface area contributed by atoms with Crippen LogP contribution < -0.4 is 9.64 Å². The summed E-state index contributed by atoms with van der Waals surface area (Å²) in [6.45, 7) is 4.28. The number of rotatable bonds is 10. The molecule has 24 heavy (non-hydrogen) atoms. The van der Waals surface area contributed by atoms with Crippen molar-refractivity contribution in [3.8, 4) is 5.75 Å². The number of hydrogen-bond acceptors (Lipinski definition) is 2. The minimum atomic E-state index is 0.907. The van der Waals surface area contributed by atoms with E-state index in [9.17, 15) is 0 Å². The van der Waals surface area contributed by atoms with Gasteiger partial charge in [-0.15, -0.1) is 0 Å². The molecule has 0 radical (unpaired) electrons. The third kappa shape index (κ3) is 6.20. The summed E-state index contributed by atoms with van der Waals surface area (Å²) in [6, 6.07) is 17.0. The first kappa shape index (κ1) is 18.9. The van der Waals surface area contributed by atoms with E-state index in [1.165, 1.54) is 43.4 Å². The van der Waals surface area contributed by atoms with Crippen molar-refractivity contribution in [3.63, 3.8) is 0 Å². The van der Waals surface area contributed by atoms with Crippen LogP contribution in [0.15, 0.2) is 53.0 Å². The van der Waals surface area contributed by atoms with Crippen molar-refractivity contribution in [2.24, 2.45) is 0 Å². The van der Waals surface area contributed by atoms with E-state index in [0.29, 0.717) is 0 Å². The van der Waals surface area contributed by atoms with Crippen LogP contribution in [0.1, 0.15) is 44.6 Å². The van der Waals surface area contributed by atoms with E-state index in [4.69, 9.17) is 4.74 Å². The molecule has 0 aliphatic carbocycles. The van der Waals surface area contributed by atoms with Gasteiger partial charge in [0.2, 0.25) is 0 Å². The first-order chi connectivity index (χ1) is 11.7. The van der Waals surface area contributed by atoms with E-state index in [2.05, 4.69) is 64.2 Å². The molecule has 2 aromatic carbocycles. The number of nitrogens with zero attached hydrogens (tertiary/aromatic N) is 1. The second kappa shape index (κ2) is 10.4. The molecule has 0 saturated carbocycles. The van der Waals surface area contributed by atoms with Crippen molar-refractivity contribution < 1.29 is 4.74 Å². The van der Waals surface area contributed by atoms with Crippen LogP contribution >= 0.6 is 15.9 Å². The van der Waals surface area contributed by atoms with Crippen LogP contribution in [0.3, 0.4) is 0 Å². The smallest absolute Gasteiger partial charge is 0.119 e. The first-order valence-corrected chi connectivity index (χ1v) is 9.65. The number of benzene rings is 2. The lowest BCUT2D eigenvalue weighted by Gasteiger charge is -2.25. The fraction of sp³-hybridized carbons (Fsp3) is 0.429. The predicted molar refractivity (Wildman–Crippen MR) is 107 cm³/mol. The van der Waals surface area contributed by atoms with Crippen LogP contribution in [0.5, 0.6) is 5.75 Å². The zero-order chi connectivity index (χ0) is 17.2. The molecule has 0 heterocycles. The number of halogens is 1. The molecule has 0 amide bonds. The van der Waals surface area contributed by atoms with E-state index in [0.717, 1.165) is 23.3 Å². The van der Waals surface area contributed by atoms with Crippen molar-refractivity contribution in [1.82, 2.24) is 0 Å². The standard InChI is InChI=1S/C21H28BrNO/c1-3-4-5-6-7-15-23(17-18-9-8-10-19(22)16-18)20-11-13-21(24-2)14-12-20/h8-14,16H,3-7,15,17H2,1-2H3. The van der Waals surface area contributed by atoms with E-state index in [-0.39, 0.29) is 0 Å². The van der Waals surface area contributed by atoms with Crippen LogP contribution in [-0.2, 0) is 6.54 Å². The Morgan fingerprint density at radius 1 is 0.958 bits per heavy atom. The normalized spacial score (nSPS) is 10.6. The van der Waals surface area contributed by atoms with Gasteiger partial charge in [0.05, 0.1) is 7.11 Å². The number of anilines is 1. The maximum absolute atomic E-state index is 5.28. The van der Waals surface area contributed by atoms with Crippen molar-refractivity contribution in [2.45, 2.75) is 45.6 Å². The highest BCUT2D eigenvalue weighted by molar-refractivity contribution is 9.10. The minimum absolute atomic E-state index is 0.907. The summed E-state index contributed by atoms with van der Waals surface area (Å²) >= 11 is 3.57. The quantitative estimate of drug-likeness (QED) is 0.433. The van der Waals surface area contributed by atoms with Gasteiger partial charge in [0.15, 0.2) is 0 Å². The largest absolute Gasteiger partial charge is 0.497 e. The third-order valence-corrected chi connectivity index (χ3v) is 4.72. The highest BCUT2D eigenvalue weighted by Crippen LogP contribution is 2.23. The van der Waals surface area contributed by atoms with Gasteiger partial charge < -0.3 is 9.64 Å². The summed E-state index contributed by atoms with van der Waals surface area (Å²) in [7, 11) is 1.71. The summed E-state index contributed by atoms with van der Waals surface area (Å²) in [6.07, 6.45) is 6.51. The molecule has 3 heteroatoms. The summed E-state index contributed by atoms with van der Waals surface area (Å²) in [5.74, 6) is 0.907. The molecule has 0 aromatic heterocycles. The highest BCUT2D eigenvalue weighted by Gasteiger charge is 2.08. The summed E-state index contributed by atoms with van der Waals surface area (Å²) in [5.41, 5.74) is 2.58. The molecule has 0 unspecified atom stereocenters. The van der Waals surface area contributed by atoms with Crippen molar-refractivity contribution in [1.29, 1.82) is 0 Å². The molecule has 0 bridgehead atoms. The summed E-state index contributed by atoms with van der Waals surface area (Å²) in [5, 5.41) is 0. The Labute approximate surface area is 155 Å². The average molecular weight is 390 g/mol. The Morgan fingerprint density at radius 3 is 2.38 bits per heavy atom. The van der Waals surface area contributed by atoms with Crippen LogP contribution in [0.2, 0.25) is 0 Å². The summed E-state index contributed by atoms with van der Waals surface area (Å²) in [4.78, 5) is 2.47. The summed E-state index contributed by atoms with van der Waals surface area (Å²) < 4.78 is 6.42. The lowest BCUT2D eigenvalue weighted by Crippen LogP contribution is -2.23. The second-order valence-corrected chi connectivity index (χ2v) is 7.08.